The Morgan fingerprint density at radius 3 is 0.775 bits per heavy atom. The number of unbranched alkanes of at least 4 members (excludes halogenated alkanes) is 5. The molecule has 2 heterocycles. The van der Waals surface area contributed by atoms with E-state index in [4.69, 9.17) is 96.2 Å². The highest BCUT2D eigenvalue weighted by Gasteiger charge is 2.34. The number of carbonyl (C=O) groups excluding carboxylic acids is 5. The van der Waals surface area contributed by atoms with Crippen LogP contribution < -0.4 is 42.6 Å². The largest absolute Gasteiger partial charge is 0.508 e. The number of rotatable bonds is 47. The summed E-state index contributed by atoms with van der Waals surface area (Å²) in [6, 6.07) is 51.6. The normalized spacial score (nSPS) is 12.2. The van der Waals surface area contributed by atoms with Gasteiger partial charge in [0.25, 0.3) is 0 Å². The Hall–Kier alpha value is -12.9. The van der Waals surface area contributed by atoms with E-state index in [1.54, 1.807) is 109 Å². The lowest BCUT2D eigenvalue weighted by Gasteiger charge is -2.37. The third-order valence-corrected chi connectivity index (χ3v) is 16.9. The quantitative estimate of drug-likeness (QED) is 0.00450. The van der Waals surface area contributed by atoms with E-state index in [1.807, 2.05) is 24.3 Å². The van der Waals surface area contributed by atoms with Gasteiger partial charge < -0.3 is 101 Å². The van der Waals surface area contributed by atoms with Crippen LogP contribution in [0.15, 0.2) is 232 Å². The maximum absolute atomic E-state index is 12.5. The molecule has 0 unspecified atom stereocenters. The van der Waals surface area contributed by atoms with Crippen molar-refractivity contribution in [2.45, 2.75) is 78.1 Å². The molecule has 5 N–H and O–H groups in total. The molecule has 0 aliphatic carbocycles. The van der Waals surface area contributed by atoms with Crippen LogP contribution in [0.1, 0.15) is 119 Å². The lowest BCUT2D eigenvalue weighted by atomic mass is 9.90. The molecule has 2 saturated heterocycles. The van der Waals surface area contributed by atoms with Crippen LogP contribution in [-0.4, -0.2) is 180 Å². The Balaban J connectivity index is 0.000000256. The van der Waals surface area contributed by atoms with Gasteiger partial charge in [-0.05, 0) is 258 Å². The van der Waals surface area contributed by atoms with Gasteiger partial charge in [0.05, 0.1) is 115 Å². The summed E-state index contributed by atoms with van der Waals surface area (Å²) in [6.07, 6.45) is 11.4. The molecule has 0 radical (unpaired) electrons. The number of carbonyl (C=O) groups is 7. The number of esters is 5. The molecule has 28 heteroatoms. The van der Waals surface area contributed by atoms with Gasteiger partial charge in [0.15, 0.2) is 0 Å². The molecule has 8 aromatic carbocycles. The first-order valence-corrected chi connectivity index (χ1v) is 38.9. The van der Waals surface area contributed by atoms with Crippen LogP contribution in [0.5, 0.6) is 69.0 Å². The highest BCUT2D eigenvalue weighted by molar-refractivity contribution is 5.92. The van der Waals surface area contributed by atoms with Gasteiger partial charge in [0.1, 0.15) is 69.0 Å². The fourth-order valence-electron chi connectivity index (χ4n) is 10.0. The number of phenols is 3. The zero-order valence-corrected chi connectivity index (χ0v) is 67.5. The molecule has 2 aliphatic heterocycles. The van der Waals surface area contributed by atoms with Crippen LogP contribution in [0.2, 0.25) is 0 Å². The topological polar surface area (TPSA) is 368 Å². The molecule has 0 saturated carbocycles. The van der Waals surface area contributed by atoms with Gasteiger partial charge in [0.2, 0.25) is 6.79 Å². The fourth-order valence-corrected chi connectivity index (χ4v) is 10.0. The summed E-state index contributed by atoms with van der Waals surface area (Å²) in [4.78, 5) is 78.5. The molecule has 642 valence electrons. The van der Waals surface area contributed by atoms with Crippen LogP contribution in [0.4, 0.5) is 0 Å². The number of aromatic carboxylic acids is 2. The third-order valence-electron chi connectivity index (χ3n) is 16.9. The highest BCUT2D eigenvalue weighted by Crippen LogP contribution is 2.29. The Morgan fingerprint density at radius 2 is 0.525 bits per heavy atom. The zero-order valence-electron chi connectivity index (χ0n) is 67.5. The Kier molecular flexibility index (Phi) is 43.9. The van der Waals surface area contributed by atoms with Crippen molar-refractivity contribution in [1.29, 1.82) is 0 Å². The molecular formula is C92H106O28. The van der Waals surface area contributed by atoms with Crippen molar-refractivity contribution in [3.8, 4) is 69.0 Å². The Labute approximate surface area is 698 Å². The van der Waals surface area contributed by atoms with Gasteiger partial charge in [-0.25, -0.2) is 33.6 Å². The second-order valence-electron chi connectivity index (χ2n) is 27.5. The molecule has 10 rings (SSSR count). The fraction of sp³-hybridized carbons (Fsp3) is 0.337. The SMILES string of the molecule is C=CC(=O)OCCCCOc1ccc(C(=O)O)cc1.C=CC(=O)OCCCCOc1ccc(C(=O)Oc2ccc(O)cc2)cc1.C=CC(=O)OCCCCOc1ccc(C(=O)Oc2ccc(OCOc3ccc(OCCCCOCC4(C)COC4)cc3)cc2)cc1.CC1(COCCCCOc2ccc(C(=O)O)cc2)COC1.Oc1ccc(O)cc1. The van der Waals surface area contributed by atoms with E-state index in [-0.39, 0.29) is 46.0 Å². The lowest BCUT2D eigenvalue weighted by Crippen LogP contribution is -2.43. The summed E-state index contributed by atoms with van der Waals surface area (Å²) in [7, 11) is 0. The van der Waals surface area contributed by atoms with Crippen LogP contribution >= 0.6 is 0 Å². The average Bonchev–Trinajstić information content (AvgIpc) is 0.840. The van der Waals surface area contributed by atoms with Crippen molar-refractivity contribution in [2.75, 3.05) is 113 Å². The second-order valence-corrected chi connectivity index (χ2v) is 27.5. The van der Waals surface area contributed by atoms with E-state index >= 15 is 0 Å². The summed E-state index contributed by atoms with van der Waals surface area (Å²) in [6.45, 7) is 24.1. The molecule has 28 nitrogen and oxygen atoms in total. The van der Waals surface area contributed by atoms with Gasteiger partial charge in [-0.1, -0.05) is 33.6 Å². The zero-order chi connectivity index (χ0) is 86.4. The average molecular weight is 1660 g/mol. The molecule has 0 aromatic heterocycles. The van der Waals surface area contributed by atoms with Crippen molar-refractivity contribution in [2.24, 2.45) is 10.8 Å². The summed E-state index contributed by atoms with van der Waals surface area (Å²) in [5, 5.41) is 44.0. The van der Waals surface area contributed by atoms with Gasteiger partial charge in [-0.15, -0.1) is 0 Å². The van der Waals surface area contributed by atoms with Crippen LogP contribution in [-0.2, 0) is 47.5 Å². The number of ether oxygens (including phenoxy) is 16. The van der Waals surface area contributed by atoms with Gasteiger partial charge >= 0.3 is 41.8 Å². The van der Waals surface area contributed by atoms with Crippen molar-refractivity contribution in [1.82, 2.24) is 0 Å². The number of hydrogen-bond acceptors (Lipinski definition) is 26. The minimum absolute atomic E-state index is 0.0156. The molecule has 0 atom stereocenters. The second kappa shape index (κ2) is 54.9. The van der Waals surface area contributed by atoms with E-state index in [1.165, 1.54) is 60.7 Å². The molecule has 2 fully saturated rings. The van der Waals surface area contributed by atoms with Crippen molar-refractivity contribution >= 4 is 41.8 Å². The van der Waals surface area contributed by atoms with Crippen LogP contribution in [0.25, 0.3) is 0 Å². The molecule has 2 aliphatic rings. The van der Waals surface area contributed by atoms with Gasteiger partial charge in [0, 0.05) is 42.3 Å². The van der Waals surface area contributed by atoms with Crippen LogP contribution in [0, 0.1) is 10.8 Å². The number of benzene rings is 8. The summed E-state index contributed by atoms with van der Waals surface area (Å²) < 4.78 is 86.4. The molecule has 8 aromatic rings. The first kappa shape index (κ1) is 96.0. The standard InChI is InChI=1S/C36H42O10.C20H20O6.C16H22O5.C14H16O5.C6H6O2/c1-3-34(37)43-23-7-6-22-41-29-10-8-28(9-11-29)35(38)46-33-18-16-32(17-19-33)45-27-44-31-14-12-30(13-15-31)42-21-5-4-20-39-24-36(2)25-40-26-36;1-2-19(22)25-14-4-3-13-24-17-9-5-15(6-10-17)20(23)26-18-11-7-16(21)8-12-18;1-16(11-20-12-16)10-19-8-2-3-9-21-14-6-4-13(5-7-14)15(17)18;1-2-13(15)19-10-4-3-9-18-12-7-5-11(6-8-12)14(16)17;7-5-1-2-6(8)4-3-5/h3,8-19H,1,4-7,20-27H2,2H3;2,5-12,21H,1,3-4,13-14H2;4-7H,2-3,8-12H2,1H3,(H,17,18);2,5-8H,1,3-4,9-10H2,(H,16,17);1-4,7-8H. The number of phenolic OH excluding ortho intramolecular Hbond substituents is 3. The summed E-state index contributed by atoms with van der Waals surface area (Å²) in [5.74, 6) is 1.60. The van der Waals surface area contributed by atoms with Gasteiger partial charge in [-0.3, -0.25) is 0 Å². The number of carboxylic acids is 2. The third kappa shape index (κ3) is 40.3. The maximum atomic E-state index is 12.5. The first-order chi connectivity index (χ1) is 58.0. The summed E-state index contributed by atoms with van der Waals surface area (Å²) in [5.41, 5.74) is 1.68. The summed E-state index contributed by atoms with van der Waals surface area (Å²) >= 11 is 0. The van der Waals surface area contributed by atoms with Crippen molar-refractivity contribution < 1.29 is 135 Å². The number of hydrogen-bond donors (Lipinski definition) is 5. The number of aromatic hydroxyl groups is 3. The van der Waals surface area contributed by atoms with E-state index in [2.05, 4.69) is 33.6 Å². The molecule has 0 spiro atoms. The maximum Gasteiger partial charge on any atom is 0.343 e. The van der Waals surface area contributed by atoms with E-state index in [9.17, 15) is 38.7 Å². The first-order valence-electron chi connectivity index (χ1n) is 38.9. The Bertz CT molecular complexity index is 4310. The van der Waals surface area contributed by atoms with E-state index in [0.717, 1.165) is 122 Å². The van der Waals surface area contributed by atoms with E-state index in [0.29, 0.717) is 129 Å². The monoisotopic (exact) mass is 1660 g/mol. The van der Waals surface area contributed by atoms with Gasteiger partial charge in [-0.2, -0.15) is 0 Å². The van der Waals surface area contributed by atoms with Crippen LogP contribution in [0.3, 0.4) is 0 Å². The minimum Gasteiger partial charge on any atom is -0.508 e. The Morgan fingerprint density at radius 1 is 0.308 bits per heavy atom. The lowest BCUT2D eigenvalue weighted by molar-refractivity contribution is -0.138. The highest BCUT2D eigenvalue weighted by atomic mass is 16.7. The van der Waals surface area contributed by atoms with Crippen molar-refractivity contribution in [3.05, 3.63) is 254 Å². The molecule has 0 amide bonds. The predicted molar refractivity (Wildman–Crippen MR) is 443 cm³/mol. The smallest absolute Gasteiger partial charge is 0.343 e. The number of carboxylic acid groups (broad SMARTS) is 2. The molecular weight excluding hydrogens is 1550 g/mol. The molecule has 0 bridgehead atoms. The predicted octanol–water partition coefficient (Wildman–Crippen LogP) is 15.9. The van der Waals surface area contributed by atoms with Crippen molar-refractivity contribution in [3.63, 3.8) is 0 Å². The van der Waals surface area contributed by atoms with E-state index < -0.39 is 41.8 Å². The molecule has 120 heavy (non-hydrogen) atoms. The minimum atomic E-state index is -0.962.